The van der Waals surface area contributed by atoms with Gasteiger partial charge in [0.05, 0.1) is 5.75 Å². The van der Waals surface area contributed by atoms with Gasteiger partial charge in [0.2, 0.25) is 0 Å². The minimum atomic E-state index is -2.85. The summed E-state index contributed by atoms with van der Waals surface area (Å²) >= 11 is 4.00. The van der Waals surface area contributed by atoms with E-state index in [0.29, 0.717) is 16.9 Å². The largest absolute Gasteiger partial charge is 0.271 e. The SMILES string of the molecule is CCC1SCCSC1C(CCCS(=O)(=O)CC)NN. The third kappa shape index (κ3) is 5.83. The molecule has 3 unspecified atom stereocenters. The Labute approximate surface area is 125 Å². The minimum Gasteiger partial charge on any atom is -0.271 e. The van der Waals surface area contributed by atoms with Crippen LogP contribution in [0.2, 0.25) is 0 Å². The molecule has 0 aliphatic carbocycles. The molecule has 0 aromatic carbocycles. The molecule has 19 heavy (non-hydrogen) atoms. The summed E-state index contributed by atoms with van der Waals surface area (Å²) in [7, 11) is -2.85. The number of rotatable bonds is 8. The number of nitrogens with two attached hydrogens (primary N) is 1. The Kier molecular flexibility index (Phi) is 8.13. The van der Waals surface area contributed by atoms with Gasteiger partial charge in [-0.25, -0.2) is 8.42 Å². The van der Waals surface area contributed by atoms with Crippen molar-refractivity contribution in [3.8, 4) is 0 Å². The Bertz CT molecular complexity index is 349. The Morgan fingerprint density at radius 1 is 1.32 bits per heavy atom. The fraction of sp³-hybridized carbons (Fsp3) is 1.00. The predicted octanol–water partition coefficient (Wildman–Crippen LogP) is 1.66. The van der Waals surface area contributed by atoms with E-state index in [1.54, 1.807) is 6.92 Å². The molecule has 7 heteroatoms. The van der Waals surface area contributed by atoms with Crippen LogP contribution in [0.4, 0.5) is 0 Å². The number of thioether (sulfide) groups is 2. The van der Waals surface area contributed by atoms with Crippen LogP contribution in [0.1, 0.15) is 33.1 Å². The average molecular weight is 327 g/mol. The average Bonchev–Trinajstić information content (AvgIpc) is 2.43. The minimum absolute atomic E-state index is 0.217. The fourth-order valence-electron chi connectivity index (χ4n) is 2.32. The van der Waals surface area contributed by atoms with Gasteiger partial charge in [-0.2, -0.15) is 23.5 Å². The molecule has 0 aromatic heterocycles. The van der Waals surface area contributed by atoms with E-state index in [9.17, 15) is 8.42 Å². The quantitative estimate of drug-likeness (QED) is 0.522. The van der Waals surface area contributed by atoms with Crippen molar-refractivity contribution in [2.45, 2.75) is 49.7 Å². The van der Waals surface area contributed by atoms with Crippen LogP contribution in [-0.2, 0) is 9.84 Å². The summed E-state index contributed by atoms with van der Waals surface area (Å²) in [6.45, 7) is 3.92. The molecule has 1 rings (SSSR count). The van der Waals surface area contributed by atoms with Gasteiger partial charge in [0.1, 0.15) is 9.84 Å². The molecule has 1 aliphatic rings. The van der Waals surface area contributed by atoms with Gasteiger partial charge < -0.3 is 0 Å². The van der Waals surface area contributed by atoms with Crippen LogP contribution in [0.3, 0.4) is 0 Å². The third-order valence-corrected chi connectivity index (χ3v) is 8.71. The second-order valence-corrected chi connectivity index (χ2v) is 9.91. The number of nitrogens with one attached hydrogen (secondary N) is 1. The zero-order valence-corrected chi connectivity index (χ0v) is 14.2. The molecule has 0 aromatic rings. The van der Waals surface area contributed by atoms with E-state index in [0.717, 1.165) is 18.6 Å². The van der Waals surface area contributed by atoms with Crippen LogP contribution < -0.4 is 11.3 Å². The second-order valence-electron chi connectivity index (χ2n) is 4.80. The summed E-state index contributed by atoms with van der Waals surface area (Å²) < 4.78 is 23.0. The van der Waals surface area contributed by atoms with Crippen molar-refractivity contribution in [3.63, 3.8) is 0 Å². The summed E-state index contributed by atoms with van der Waals surface area (Å²) in [5.74, 6) is 8.57. The number of hydrogen-bond donors (Lipinski definition) is 2. The highest BCUT2D eigenvalue weighted by atomic mass is 32.2. The lowest BCUT2D eigenvalue weighted by molar-refractivity contribution is 0.459. The molecule has 1 saturated heterocycles. The molecule has 4 nitrogen and oxygen atoms in total. The van der Waals surface area contributed by atoms with Crippen LogP contribution in [0.5, 0.6) is 0 Å². The van der Waals surface area contributed by atoms with E-state index in [-0.39, 0.29) is 17.5 Å². The summed E-state index contributed by atoms with van der Waals surface area (Å²) in [4.78, 5) is 0. The van der Waals surface area contributed by atoms with Gasteiger partial charge in [0.25, 0.3) is 0 Å². The van der Waals surface area contributed by atoms with E-state index in [1.807, 2.05) is 23.5 Å². The first kappa shape index (κ1) is 17.6. The third-order valence-electron chi connectivity index (χ3n) is 3.52. The van der Waals surface area contributed by atoms with Crippen LogP contribution in [0.15, 0.2) is 0 Å². The molecular weight excluding hydrogens is 300 g/mol. The van der Waals surface area contributed by atoms with Crippen molar-refractivity contribution in [1.29, 1.82) is 0 Å². The van der Waals surface area contributed by atoms with Gasteiger partial charge in [-0.15, -0.1) is 0 Å². The molecule has 1 fully saturated rings. The molecule has 0 radical (unpaired) electrons. The van der Waals surface area contributed by atoms with E-state index in [2.05, 4.69) is 12.3 Å². The standard InChI is InChI=1S/C12H26N2O2S3/c1-3-11-12(18-8-7-17-11)10(14-13)6-5-9-19(15,16)4-2/h10-12,14H,3-9,13H2,1-2H3. The fourth-order valence-corrected chi connectivity index (χ4v) is 6.50. The topological polar surface area (TPSA) is 72.2 Å². The van der Waals surface area contributed by atoms with Crippen molar-refractivity contribution in [3.05, 3.63) is 0 Å². The van der Waals surface area contributed by atoms with Crippen LogP contribution in [0.25, 0.3) is 0 Å². The highest BCUT2D eigenvalue weighted by Crippen LogP contribution is 2.36. The molecule has 1 heterocycles. The lowest BCUT2D eigenvalue weighted by Gasteiger charge is -2.35. The molecule has 3 N–H and O–H groups in total. The molecular formula is C12H26N2O2S3. The first-order valence-electron chi connectivity index (χ1n) is 6.93. The lowest BCUT2D eigenvalue weighted by atomic mass is 10.0. The molecule has 3 atom stereocenters. The van der Waals surface area contributed by atoms with Crippen LogP contribution in [-0.4, -0.2) is 48.0 Å². The van der Waals surface area contributed by atoms with Gasteiger partial charge in [0, 0.05) is 33.8 Å². The Balaban J connectivity index is 2.48. The molecule has 1 aliphatic heterocycles. The molecule has 0 bridgehead atoms. The summed E-state index contributed by atoms with van der Waals surface area (Å²) in [5.41, 5.74) is 2.91. The maximum absolute atomic E-state index is 11.5. The van der Waals surface area contributed by atoms with Gasteiger partial charge >= 0.3 is 0 Å². The van der Waals surface area contributed by atoms with Gasteiger partial charge in [0.15, 0.2) is 0 Å². The first-order chi connectivity index (χ1) is 9.04. The summed E-state index contributed by atoms with van der Waals surface area (Å²) in [6.07, 6.45) is 2.68. The summed E-state index contributed by atoms with van der Waals surface area (Å²) in [6, 6.07) is 0.217. The van der Waals surface area contributed by atoms with E-state index >= 15 is 0 Å². The van der Waals surface area contributed by atoms with Crippen LogP contribution in [0, 0.1) is 0 Å². The van der Waals surface area contributed by atoms with Gasteiger partial charge in [-0.05, 0) is 19.3 Å². The number of hydrazine groups is 1. The predicted molar refractivity (Wildman–Crippen MR) is 87.5 cm³/mol. The van der Waals surface area contributed by atoms with E-state index < -0.39 is 9.84 Å². The molecule has 0 amide bonds. The zero-order chi connectivity index (χ0) is 14.3. The highest BCUT2D eigenvalue weighted by molar-refractivity contribution is 8.07. The smallest absolute Gasteiger partial charge is 0.150 e. The van der Waals surface area contributed by atoms with Crippen LogP contribution >= 0.6 is 23.5 Å². The maximum atomic E-state index is 11.5. The normalized spacial score (nSPS) is 26.3. The van der Waals surface area contributed by atoms with Crippen molar-refractivity contribution in [2.24, 2.45) is 5.84 Å². The molecule has 0 spiro atoms. The highest BCUT2D eigenvalue weighted by Gasteiger charge is 2.31. The second kappa shape index (κ2) is 8.77. The van der Waals surface area contributed by atoms with Crippen molar-refractivity contribution in [1.82, 2.24) is 5.43 Å². The van der Waals surface area contributed by atoms with E-state index in [1.165, 1.54) is 5.75 Å². The first-order valence-corrected chi connectivity index (χ1v) is 10.9. The molecule has 114 valence electrons. The Morgan fingerprint density at radius 3 is 2.58 bits per heavy atom. The number of hydrogen-bond acceptors (Lipinski definition) is 6. The Hall–Kier alpha value is 0.570. The monoisotopic (exact) mass is 326 g/mol. The van der Waals surface area contributed by atoms with Crippen molar-refractivity contribution >= 4 is 33.4 Å². The van der Waals surface area contributed by atoms with Crippen molar-refractivity contribution < 1.29 is 8.42 Å². The maximum Gasteiger partial charge on any atom is 0.150 e. The van der Waals surface area contributed by atoms with E-state index in [4.69, 9.17) is 5.84 Å². The number of sulfone groups is 1. The summed E-state index contributed by atoms with van der Waals surface area (Å²) in [5, 5.41) is 1.13. The lowest BCUT2D eigenvalue weighted by Crippen LogP contribution is -2.48. The Morgan fingerprint density at radius 2 is 2.00 bits per heavy atom. The zero-order valence-electron chi connectivity index (χ0n) is 11.8. The van der Waals surface area contributed by atoms with Crippen molar-refractivity contribution in [2.75, 3.05) is 23.0 Å². The van der Waals surface area contributed by atoms with Gasteiger partial charge in [-0.1, -0.05) is 13.8 Å². The molecule has 0 saturated carbocycles. The van der Waals surface area contributed by atoms with Gasteiger partial charge in [-0.3, -0.25) is 11.3 Å².